The van der Waals surface area contributed by atoms with Crippen LogP contribution in [0.5, 0.6) is 5.75 Å². The van der Waals surface area contributed by atoms with Gasteiger partial charge in [-0.25, -0.2) is 0 Å². The third kappa shape index (κ3) is 4.53. The van der Waals surface area contributed by atoms with E-state index in [-0.39, 0.29) is 5.91 Å². The molecule has 24 heavy (non-hydrogen) atoms. The molecule has 7 heteroatoms. The Morgan fingerprint density at radius 3 is 2.67 bits per heavy atom. The van der Waals surface area contributed by atoms with E-state index in [1.165, 1.54) is 0 Å². The van der Waals surface area contributed by atoms with Crippen LogP contribution in [0.1, 0.15) is 10.4 Å². The Hall–Kier alpha value is -2.44. The molecule has 4 N–H and O–H groups in total. The zero-order chi connectivity index (χ0) is 17.5. The van der Waals surface area contributed by atoms with Crippen molar-refractivity contribution in [1.29, 1.82) is 0 Å². The van der Waals surface area contributed by atoms with E-state index in [0.717, 1.165) is 5.69 Å². The van der Waals surface area contributed by atoms with Crippen molar-refractivity contribution in [3.8, 4) is 5.75 Å². The molecule has 6 nitrogen and oxygen atoms in total. The molecule has 0 bridgehead atoms. The molecular formula is C17H20ClN3O3. The quantitative estimate of drug-likeness (QED) is 0.528. The standard InChI is InChI=1S/C17H20ClN3O3/c1-23-8-7-20-17(22)13-9-11(19)3-5-15(13)21-12-4-6-16(24-2)14(18)10-12/h3-6,9-10,21H,7-8,19H2,1-2H3,(H,20,22). The molecule has 128 valence electrons. The Bertz CT molecular complexity index is 722. The second-order valence-corrected chi connectivity index (χ2v) is 5.44. The second kappa shape index (κ2) is 8.42. The van der Waals surface area contributed by atoms with Crippen molar-refractivity contribution >= 4 is 34.6 Å². The minimum Gasteiger partial charge on any atom is -0.495 e. The molecule has 0 saturated carbocycles. The number of hydrogen-bond acceptors (Lipinski definition) is 5. The van der Waals surface area contributed by atoms with Gasteiger partial charge in [0.05, 0.1) is 30.0 Å². The Morgan fingerprint density at radius 2 is 2.00 bits per heavy atom. The molecule has 0 aliphatic carbocycles. The van der Waals surface area contributed by atoms with Crippen LogP contribution < -0.4 is 21.1 Å². The van der Waals surface area contributed by atoms with Gasteiger partial charge in [0.15, 0.2) is 0 Å². The summed E-state index contributed by atoms with van der Waals surface area (Å²) in [6, 6.07) is 10.4. The number of nitrogens with two attached hydrogens (primary N) is 1. The second-order valence-electron chi connectivity index (χ2n) is 5.03. The average molecular weight is 350 g/mol. The molecule has 2 aromatic carbocycles. The van der Waals surface area contributed by atoms with Crippen LogP contribution in [0.25, 0.3) is 0 Å². The maximum atomic E-state index is 12.3. The molecule has 0 aromatic heterocycles. The van der Waals surface area contributed by atoms with E-state index in [9.17, 15) is 4.79 Å². The molecule has 0 aliphatic rings. The lowest BCUT2D eigenvalue weighted by molar-refractivity contribution is 0.0938. The van der Waals surface area contributed by atoms with Crippen molar-refractivity contribution in [2.45, 2.75) is 0 Å². The SMILES string of the molecule is COCCNC(=O)c1cc(N)ccc1Nc1ccc(OC)c(Cl)c1. The molecule has 0 atom stereocenters. The number of methoxy groups -OCH3 is 2. The van der Waals surface area contributed by atoms with Crippen molar-refractivity contribution in [1.82, 2.24) is 5.32 Å². The Morgan fingerprint density at radius 1 is 1.21 bits per heavy atom. The predicted octanol–water partition coefficient (Wildman–Crippen LogP) is 3.05. The number of carbonyl (C=O) groups is 1. The minimum atomic E-state index is -0.235. The van der Waals surface area contributed by atoms with Crippen LogP contribution in [-0.2, 0) is 4.74 Å². The first-order valence-electron chi connectivity index (χ1n) is 7.32. The van der Waals surface area contributed by atoms with Crippen LogP contribution in [0.3, 0.4) is 0 Å². The Kier molecular flexibility index (Phi) is 6.28. The smallest absolute Gasteiger partial charge is 0.253 e. The fourth-order valence-electron chi connectivity index (χ4n) is 2.12. The van der Waals surface area contributed by atoms with Crippen LogP contribution in [0.4, 0.5) is 17.1 Å². The van der Waals surface area contributed by atoms with Crippen molar-refractivity contribution < 1.29 is 14.3 Å². The topological polar surface area (TPSA) is 85.6 Å². The summed E-state index contributed by atoms with van der Waals surface area (Å²) >= 11 is 6.13. The van der Waals surface area contributed by atoms with Crippen molar-refractivity contribution in [3.63, 3.8) is 0 Å². The maximum absolute atomic E-state index is 12.3. The number of nitrogen functional groups attached to an aromatic ring is 1. The first-order chi connectivity index (χ1) is 11.5. The van der Waals surface area contributed by atoms with Crippen LogP contribution in [0.2, 0.25) is 5.02 Å². The zero-order valence-electron chi connectivity index (χ0n) is 13.6. The molecule has 0 fully saturated rings. The van der Waals surface area contributed by atoms with E-state index in [4.69, 9.17) is 26.8 Å². The van der Waals surface area contributed by atoms with E-state index in [1.54, 1.807) is 44.6 Å². The molecule has 0 heterocycles. The predicted molar refractivity (Wildman–Crippen MR) is 96.4 cm³/mol. The first-order valence-corrected chi connectivity index (χ1v) is 7.70. The molecule has 2 aromatic rings. The van der Waals surface area contributed by atoms with E-state index in [1.807, 2.05) is 6.07 Å². The summed E-state index contributed by atoms with van der Waals surface area (Å²) in [5, 5.41) is 6.43. The maximum Gasteiger partial charge on any atom is 0.253 e. The van der Waals surface area contributed by atoms with Gasteiger partial charge in [0.1, 0.15) is 5.75 Å². The number of benzene rings is 2. The zero-order valence-corrected chi connectivity index (χ0v) is 14.3. The minimum absolute atomic E-state index is 0.235. The van der Waals surface area contributed by atoms with E-state index in [0.29, 0.717) is 40.9 Å². The van der Waals surface area contributed by atoms with Gasteiger partial charge in [-0.3, -0.25) is 4.79 Å². The molecule has 0 unspecified atom stereocenters. The van der Waals surface area contributed by atoms with Gasteiger partial charge in [0.25, 0.3) is 5.91 Å². The number of nitrogens with one attached hydrogen (secondary N) is 2. The van der Waals surface area contributed by atoms with Crippen LogP contribution in [0.15, 0.2) is 36.4 Å². The van der Waals surface area contributed by atoms with E-state index < -0.39 is 0 Å². The third-order valence-corrected chi connectivity index (χ3v) is 3.61. The summed E-state index contributed by atoms with van der Waals surface area (Å²) in [5.74, 6) is 0.346. The monoisotopic (exact) mass is 349 g/mol. The van der Waals surface area contributed by atoms with E-state index >= 15 is 0 Å². The fourth-order valence-corrected chi connectivity index (χ4v) is 2.38. The van der Waals surface area contributed by atoms with Gasteiger partial charge in [-0.05, 0) is 36.4 Å². The number of ether oxygens (including phenoxy) is 2. The van der Waals surface area contributed by atoms with Gasteiger partial charge in [0.2, 0.25) is 0 Å². The van der Waals surface area contributed by atoms with Gasteiger partial charge in [-0.1, -0.05) is 11.6 Å². The van der Waals surface area contributed by atoms with Gasteiger partial charge >= 0.3 is 0 Å². The molecule has 0 radical (unpaired) electrons. The highest BCUT2D eigenvalue weighted by atomic mass is 35.5. The van der Waals surface area contributed by atoms with Gasteiger partial charge in [0, 0.05) is 25.0 Å². The first kappa shape index (κ1) is 17.9. The summed E-state index contributed by atoms with van der Waals surface area (Å²) in [7, 11) is 3.13. The molecule has 1 amide bonds. The highest BCUT2D eigenvalue weighted by Crippen LogP contribution is 2.30. The molecule has 0 spiro atoms. The summed E-state index contributed by atoms with van der Waals surface area (Å²) < 4.78 is 10.1. The van der Waals surface area contributed by atoms with Crippen LogP contribution >= 0.6 is 11.6 Å². The highest BCUT2D eigenvalue weighted by Gasteiger charge is 2.12. The number of hydrogen-bond donors (Lipinski definition) is 3. The summed E-state index contributed by atoms with van der Waals surface area (Å²) in [4.78, 5) is 12.3. The third-order valence-electron chi connectivity index (χ3n) is 3.31. The Labute approximate surface area is 145 Å². The lowest BCUT2D eigenvalue weighted by Gasteiger charge is -2.14. The summed E-state index contributed by atoms with van der Waals surface area (Å²) in [5.41, 5.74) is 8.11. The number of anilines is 3. The largest absolute Gasteiger partial charge is 0.495 e. The normalized spacial score (nSPS) is 10.3. The molecule has 2 rings (SSSR count). The van der Waals surface area contributed by atoms with Crippen molar-refractivity contribution in [2.75, 3.05) is 38.4 Å². The lowest BCUT2D eigenvalue weighted by Crippen LogP contribution is -2.27. The van der Waals surface area contributed by atoms with Crippen LogP contribution in [0, 0.1) is 0 Å². The summed E-state index contributed by atoms with van der Waals surface area (Å²) in [6.07, 6.45) is 0. The highest BCUT2D eigenvalue weighted by molar-refractivity contribution is 6.32. The molecule has 0 saturated heterocycles. The van der Waals surface area contributed by atoms with Crippen molar-refractivity contribution in [2.24, 2.45) is 0 Å². The number of rotatable bonds is 7. The summed E-state index contributed by atoms with van der Waals surface area (Å²) in [6.45, 7) is 0.850. The fraction of sp³-hybridized carbons (Fsp3) is 0.235. The molecule has 0 aliphatic heterocycles. The number of carbonyl (C=O) groups excluding carboxylic acids is 1. The molecular weight excluding hydrogens is 330 g/mol. The number of halogens is 1. The van der Waals surface area contributed by atoms with Crippen molar-refractivity contribution in [3.05, 3.63) is 47.0 Å². The van der Waals surface area contributed by atoms with Gasteiger partial charge < -0.3 is 25.8 Å². The average Bonchev–Trinajstić information content (AvgIpc) is 2.57. The Balaban J connectivity index is 2.23. The van der Waals surface area contributed by atoms with E-state index in [2.05, 4.69) is 10.6 Å². The number of amides is 1. The van der Waals surface area contributed by atoms with Gasteiger partial charge in [-0.15, -0.1) is 0 Å². The van der Waals surface area contributed by atoms with Crippen LogP contribution in [-0.4, -0.2) is 33.3 Å². The van der Waals surface area contributed by atoms with Gasteiger partial charge in [-0.2, -0.15) is 0 Å². The lowest BCUT2D eigenvalue weighted by atomic mass is 10.1.